The predicted molar refractivity (Wildman–Crippen MR) is 87.0 cm³/mol. The molecule has 0 radical (unpaired) electrons. The maximum atomic E-state index is 11.4. The van der Waals surface area contributed by atoms with E-state index < -0.39 is 5.60 Å². The van der Waals surface area contributed by atoms with Crippen molar-refractivity contribution in [1.82, 2.24) is 0 Å². The van der Waals surface area contributed by atoms with E-state index in [1.54, 1.807) is 0 Å². The summed E-state index contributed by atoms with van der Waals surface area (Å²) in [4.78, 5) is 0. The Morgan fingerprint density at radius 1 is 0.762 bits per heavy atom. The second-order valence-corrected chi connectivity index (χ2v) is 5.58. The largest absolute Gasteiger partial charge is 0.380 e. The lowest BCUT2D eigenvalue weighted by molar-refractivity contribution is 0.0843. The van der Waals surface area contributed by atoms with E-state index in [-0.39, 0.29) is 0 Å². The number of aliphatic hydroxyl groups is 1. The van der Waals surface area contributed by atoms with E-state index in [0.717, 1.165) is 27.5 Å². The van der Waals surface area contributed by atoms with Gasteiger partial charge in [-0.1, -0.05) is 78.9 Å². The first-order valence-corrected chi connectivity index (χ1v) is 7.26. The lowest BCUT2D eigenvalue weighted by Gasteiger charge is -2.33. The highest BCUT2D eigenvalue weighted by atomic mass is 16.3. The normalized spacial score (nSPS) is 20.4. The molecule has 0 heterocycles. The van der Waals surface area contributed by atoms with Crippen LogP contribution in [0, 0.1) is 0 Å². The molecular formula is C20H16O. The zero-order valence-electron chi connectivity index (χ0n) is 11.7. The van der Waals surface area contributed by atoms with Gasteiger partial charge in [0.1, 0.15) is 5.60 Å². The molecule has 1 aliphatic rings. The molecule has 1 nitrogen and oxygen atoms in total. The standard InChI is InChI=1S/C20H16O/c21-20(14-6-10-16-8-2-4-12-18(16)20)19-13-5-9-15-7-1-3-11-17(15)19/h1-13,21H,14H2/t20-/m1/s1. The van der Waals surface area contributed by atoms with E-state index in [9.17, 15) is 5.11 Å². The van der Waals surface area contributed by atoms with Crippen molar-refractivity contribution in [2.45, 2.75) is 12.0 Å². The van der Waals surface area contributed by atoms with Crippen LogP contribution in [0.15, 0.2) is 72.8 Å². The molecule has 1 aliphatic carbocycles. The molecule has 1 atom stereocenters. The fraction of sp³-hybridized carbons (Fsp3) is 0.100. The molecule has 21 heavy (non-hydrogen) atoms. The smallest absolute Gasteiger partial charge is 0.119 e. The summed E-state index contributed by atoms with van der Waals surface area (Å²) >= 11 is 0. The summed E-state index contributed by atoms with van der Waals surface area (Å²) in [6, 6.07) is 22.5. The first-order chi connectivity index (χ1) is 10.3. The number of rotatable bonds is 1. The highest BCUT2D eigenvalue weighted by Gasteiger charge is 2.35. The highest BCUT2D eigenvalue weighted by molar-refractivity contribution is 5.87. The van der Waals surface area contributed by atoms with Crippen LogP contribution >= 0.6 is 0 Å². The molecule has 1 heteroatoms. The quantitative estimate of drug-likeness (QED) is 0.692. The van der Waals surface area contributed by atoms with E-state index in [1.165, 1.54) is 0 Å². The Balaban J connectivity index is 2.02. The molecule has 0 fully saturated rings. The molecule has 4 rings (SSSR count). The van der Waals surface area contributed by atoms with Crippen LogP contribution in [0.25, 0.3) is 16.8 Å². The van der Waals surface area contributed by atoms with Crippen molar-refractivity contribution in [2.24, 2.45) is 0 Å². The zero-order chi connectivity index (χ0) is 14.3. The summed E-state index contributed by atoms with van der Waals surface area (Å²) in [6.45, 7) is 0. The molecule has 0 aromatic heterocycles. The van der Waals surface area contributed by atoms with E-state index in [1.807, 2.05) is 42.5 Å². The molecule has 3 aromatic carbocycles. The topological polar surface area (TPSA) is 20.2 Å². The monoisotopic (exact) mass is 272 g/mol. The Morgan fingerprint density at radius 3 is 2.43 bits per heavy atom. The maximum Gasteiger partial charge on any atom is 0.119 e. The van der Waals surface area contributed by atoms with E-state index in [0.29, 0.717) is 6.42 Å². The van der Waals surface area contributed by atoms with Crippen molar-refractivity contribution in [1.29, 1.82) is 0 Å². The second kappa shape index (κ2) is 4.57. The summed E-state index contributed by atoms with van der Waals surface area (Å²) in [5, 5.41) is 13.7. The minimum Gasteiger partial charge on any atom is -0.380 e. The third-order valence-corrected chi connectivity index (χ3v) is 4.35. The van der Waals surface area contributed by atoms with Gasteiger partial charge >= 0.3 is 0 Å². The van der Waals surface area contributed by atoms with Gasteiger partial charge in [-0.3, -0.25) is 0 Å². The Kier molecular flexibility index (Phi) is 2.69. The van der Waals surface area contributed by atoms with Crippen LogP contribution in [-0.4, -0.2) is 5.11 Å². The van der Waals surface area contributed by atoms with Gasteiger partial charge < -0.3 is 5.11 Å². The first-order valence-electron chi connectivity index (χ1n) is 7.26. The zero-order valence-corrected chi connectivity index (χ0v) is 11.7. The Labute approximate surface area is 124 Å². The van der Waals surface area contributed by atoms with Crippen molar-refractivity contribution < 1.29 is 5.11 Å². The summed E-state index contributed by atoms with van der Waals surface area (Å²) in [6.07, 6.45) is 4.76. The molecule has 102 valence electrons. The summed E-state index contributed by atoms with van der Waals surface area (Å²) < 4.78 is 0. The first kappa shape index (κ1) is 12.4. The van der Waals surface area contributed by atoms with Crippen LogP contribution in [0.2, 0.25) is 0 Å². The Morgan fingerprint density at radius 2 is 1.48 bits per heavy atom. The third kappa shape index (κ3) is 1.82. The van der Waals surface area contributed by atoms with E-state index in [2.05, 4.69) is 36.4 Å². The summed E-state index contributed by atoms with van der Waals surface area (Å²) in [5.74, 6) is 0. The minimum absolute atomic E-state index is 0.609. The molecule has 0 unspecified atom stereocenters. The molecule has 0 amide bonds. The Bertz CT molecular complexity index is 842. The molecule has 0 spiro atoms. The van der Waals surface area contributed by atoms with Crippen molar-refractivity contribution in [3.8, 4) is 0 Å². The molecule has 0 saturated carbocycles. The van der Waals surface area contributed by atoms with Crippen LogP contribution < -0.4 is 0 Å². The lowest BCUT2D eigenvalue weighted by Crippen LogP contribution is -2.29. The van der Waals surface area contributed by atoms with Crippen molar-refractivity contribution in [3.05, 3.63) is 89.5 Å². The third-order valence-electron chi connectivity index (χ3n) is 4.35. The van der Waals surface area contributed by atoms with Gasteiger partial charge in [0.15, 0.2) is 0 Å². The molecule has 0 aliphatic heterocycles. The van der Waals surface area contributed by atoms with Crippen LogP contribution in [-0.2, 0) is 5.60 Å². The average molecular weight is 272 g/mol. The number of benzene rings is 3. The van der Waals surface area contributed by atoms with E-state index >= 15 is 0 Å². The lowest BCUT2D eigenvalue weighted by atomic mass is 9.76. The van der Waals surface area contributed by atoms with Crippen LogP contribution in [0.5, 0.6) is 0 Å². The molecular weight excluding hydrogens is 256 g/mol. The number of hydrogen-bond acceptors (Lipinski definition) is 1. The van der Waals surface area contributed by atoms with Gasteiger partial charge in [-0.15, -0.1) is 0 Å². The highest BCUT2D eigenvalue weighted by Crippen LogP contribution is 2.41. The maximum absolute atomic E-state index is 11.4. The number of fused-ring (bicyclic) bond motifs is 2. The fourth-order valence-electron chi connectivity index (χ4n) is 3.33. The van der Waals surface area contributed by atoms with Gasteiger partial charge in [-0.05, 0) is 27.5 Å². The molecule has 1 N–H and O–H groups in total. The van der Waals surface area contributed by atoms with E-state index in [4.69, 9.17) is 0 Å². The fourth-order valence-corrected chi connectivity index (χ4v) is 3.33. The van der Waals surface area contributed by atoms with Gasteiger partial charge in [-0.25, -0.2) is 0 Å². The van der Waals surface area contributed by atoms with Gasteiger partial charge in [0, 0.05) is 6.42 Å². The van der Waals surface area contributed by atoms with Crippen molar-refractivity contribution in [3.63, 3.8) is 0 Å². The average Bonchev–Trinajstić information content (AvgIpc) is 2.55. The van der Waals surface area contributed by atoms with Gasteiger partial charge in [0.25, 0.3) is 0 Å². The van der Waals surface area contributed by atoms with Crippen molar-refractivity contribution >= 4 is 16.8 Å². The van der Waals surface area contributed by atoms with Crippen molar-refractivity contribution in [2.75, 3.05) is 0 Å². The minimum atomic E-state index is -0.952. The molecule has 3 aromatic rings. The molecule has 0 saturated heterocycles. The molecule has 0 bridgehead atoms. The van der Waals surface area contributed by atoms with Gasteiger partial charge in [0.2, 0.25) is 0 Å². The Hall–Kier alpha value is -2.38. The van der Waals surface area contributed by atoms with Gasteiger partial charge in [-0.2, -0.15) is 0 Å². The number of hydrogen-bond donors (Lipinski definition) is 1. The van der Waals surface area contributed by atoms with Gasteiger partial charge in [0.05, 0.1) is 0 Å². The summed E-state index contributed by atoms with van der Waals surface area (Å²) in [7, 11) is 0. The predicted octanol–water partition coefficient (Wildman–Crippen LogP) is 4.49. The summed E-state index contributed by atoms with van der Waals surface area (Å²) in [5.41, 5.74) is 2.12. The second-order valence-electron chi connectivity index (χ2n) is 5.58. The van der Waals surface area contributed by atoms with Crippen LogP contribution in [0.4, 0.5) is 0 Å². The SMILES string of the molecule is O[C@]1(c2cccc3ccccc23)CC=Cc2ccccc21. The van der Waals surface area contributed by atoms with Crippen LogP contribution in [0.3, 0.4) is 0 Å². The van der Waals surface area contributed by atoms with Crippen LogP contribution in [0.1, 0.15) is 23.1 Å².